The maximum absolute atomic E-state index is 11.1. The average molecular weight is 272 g/mol. The third kappa shape index (κ3) is 2.28. The van der Waals surface area contributed by atoms with E-state index in [1.165, 1.54) is 6.42 Å². The molecule has 1 aromatic carbocycles. The van der Waals surface area contributed by atoms with Crippen LogP contribution in [0.25, 0.3) is 0 Å². The van der Waals surface area contributed by atoms with E-state index in [0.717, 1.165) is 18.4 Å². The van der Waals surface area contributed by atoms with E-state index in [1.807, 2.05) is 6.07 Å². The van der Waals surface area contributed by atoms with E-state index in [9.17, 15) is 10.4 Å². The van der Waals surface area contributed by atoms with Crippen molar-refractivity contribution < 1.29 is 9.84 Å². The molecule has 2 N–H and O–H groups in total. The largest absolute Gasteiger partial charge is 0.497 e. The van der Waals surface area contributed by atoms with E-state index < -0.39 is 5.60 Å². The molecular formula is C16H20N2O2. The van der Waals surface area contributed by atoms with Gasteiger partial charge < -0.3 is 15.2 Å². The summed E-state index contributed by atoms with van der Waals surface area (Å²) in [5.41, 5.74) is 0.353. The summed E-state index contributed by atoms with van der Waals surface area (Å²) < 4.78 is 5.25. The number of ether oxygens (including phenoxy) is 1. The summed E-state index contributed by atoms with van der Waals surface area (Å²) in [5.74, 6) is 0.691. The minimum atomic E-state index is -0.916. The van der Waals surface area contributed by atoms with Gasteiger partial charge in [0.25, 0.3) is 0 Å². The predicted molar refractivity (Wildman–Crippen MR) is 75.4 cm³/mol. The zero-order chi connectivity index (χ0) is 14.2. The van der Waals surface area contributed by atoms with Gasteiger partial charge in [0, 0.05) is 17.6 Å². The van der Waals surface area contributed by atoms with E-state index in [4.69, 9.17) is 4.74 Å². The Labute approximate surface area is 119 Å². The van der Waals surface area contributed by atoms with E-state index in [1.54, 1.807) is 19.2 Å². The molecule has 2 bridgehead atoms. The lowest BCUT2D eigenvalue weighted by atomic mass is 9.73. The molecule has 0 amide bonds. The summed E-state index contributed by atoms with van der Waals surface area (Å²) >= 11 is 0. The van der Waals surface area contributed by atoms with E-state index in [0.29, 0.717) is 36.2 Å². The molecule has 1 aromatic rings. The first-order valence-electron chi connectivity index (χ1n) is 7.22. The number of benzene rings is 1. The Kier molecular flexibility index (Phi) is 3.41. The van der Waals surface area contributed by atoms with Crippen LogP contribution in [0.1, 0.15) is 43.2 Å². The number of hydrogen-bond donors (Lipinski definition) is 2. The first-order chi connectivity index (χ1) is 9.64. The normalized spacial score (nSPS) is 32.5. The summed E-state index contributed by atoms with van der Waals surface area (Å²) in [6.07, 6.45) is 4.77. The van der Waals surface area contributed by atoms with Crippen LogP contribution in [0, 0.1) is 11.3 Å². The molecule has 2 fully saturated rings. The van der Waals surface area contributed by atoms with Crippen molar-refractivity contribution in [3.8, 4) is 11.8 Å². The van der Waals surface area contributed by atoms with E-state index in [-0.39, 0.29) is 0 Å². The fourth-order valence-corrected chi connectivity index (χ4v) is 3.68. The van der Waals surface area contributed by atoms with Crippen LogP contribution in [0.4, 0.5) is 0 Å². The topological polar surface area (TPSA) is 65.3 Å². The van der Waals surface area contributed by atoms with Crippen LogP contribution in [-0.4, -0.2) is 24.3 Å². The summed E-state index contributed by atoms with van der Waals surface area (Å²) in [5, 5.41) is 24.0. The molecule has 2 aliphatic rings. The number of hydrogen-bond acceptors (Lipinski definition) is 4. The van der Waals surface area contributed by atoms with Crippen molar-refractivity contribution >= 4 is 0 Å². The summed E-state index contributed by atoms with van der Waals surface area (Å²) in [7, 11) is 1.60. The maximum atomic E-state index is 11.1. The van der Waals surface area contributed by atoms with Gasteiger partial charge in [0.1, 0.15) is 5.75 Å². The Hall–Kier alpha value is -1.57. The molecule has 4 nitrogen and oxygen atoms in total. The average Bonchev–Trinajstić information content (AvgIpc) is 2.46. The van der Waals surface area contributed by atoms with Gasteiger partial charge in [0.05, 0.1) is 24.3 Å². The Morgan fingerprint density at radius 3 is 2.65 bits per heavy atom. The van der Waals surface area contributed by atoms with Gasteiger partial charge in [0.15, 0.2) is 0 Å². The maximum Gasteiger partial charge on any atom is 0.119 e. The number of nitriles is 1. The number of fused-ring (bicyclic) bond motifs is 2. The number of piperidine rings is 2. The highest BCUT2D eigenvalue weighted by molar-refractivity contribution is 5.46. The monoisotopic (exact) mass is 272 g/mol. The van der Waals surface area contributed by atoms with Crippen molar-refractivity contribution in [2.24, 2.45) is 0 Å². The molecule has 3 rings (SSSR count). The molecule has 2 aliphatic heterocycles. The van der Waals surface area contributed by atoms with Crippen molar-refractivity contribution in [3.63, 3.8) is 0 Å². The SMILES string of the molecule is COc1ccc(C#N)c(C2(O)CC3CCCC(C2)N3)c1. The quantitative estimate of drug-likeness (QED) is 0.865. The third-order valence-corrected chi connectivity index (χ3v) is 4.59. The van der Waals surface area contributed by atoms with Crippen LogP contribution in [0.3, 0.4) is 0 Å². The minimum absolute atomic E-state index is 0.352. The zero-order valence-corrected chi connectivity index (χ0v) is 11.7. The molecule has 2 saturated heterocycles. The number of nitrogens with one attached hydrogen (secondary N) is 1. The first kappa shape index (κ1) is 13.4. The summed E-state index contributed by atoms with van der Waals surface area (Å²) in [6.45, 7) is 0. The van der Waals surface area contributed by atoms with Crippen LogP contribution in [-0.2, 0) is 5.60 Å². The minimum Gasteiger partial charge on any atom is -0.497 e. The Morgan fingerprint density at radius 1 is 1.35 bits per heavy atom. The molecule has 20 heavy (non-hydrogen) atoms. The molecule has 106 valence electrons. The number of nitrogens with zero attached hydrogens (tertiary/aromatic N) is 1. The van der Waals surface area contributed by atoms with Crippen LogP contribution < -0.4 is 10.1 Å². The van der Waals surface area contributed by atoms with Gasteiger partial charge in [-0.1, -0.05) is 6.42 Å². The van der Waals surface area contributed by atoms with Crippen LogP contribution >= 0.6 is 0 Å². The van der Waals surface area contributed by atoms with Crippen molar-refractivity contribution in [2.45, 2.75) is 49.8 Å². The molecule has 2 atom stereocenters. The van der Waals surface area contributed by atoms with Crippen LogP contribution in [0.5, 0.6) is 5.75 Å². The van der Waals surface area contributed by atoms with Crippen LogP contribution in [0.2, 0.25) is 0 Å². The molecule has 4 heteroatoms. The standard InChI is InChI=1S/C16H20N2O2/c1-20-14-6-5-11(10-17)15(7-14)16(19)8-12-3-2-4-13(9-16)18-12/h5-7,12-13,18-19H,2-4,8-9H2,1H3. The smallest absolute Gasteiger partial charge is 0.119 e. The Morgan fingerprint density at radius 2 is 2.05 bits per heavy atom. The summed E-state index contributed by atoms with van der Waals surface area (Å²) in [4.78, 5) is 0. The molecular weight excluding hydrogens is 252 g/mol. The fraction of sp³-hybridized carbons (Fsp3) is 0.562. The lowest BCUT2D eigenvalue weighted by Crippen LogP contribution is -2.54. The van der Waals surface area contributed by atoms with Crippen LogP contribution in [0.15, 0.2) is 18.2 Å². The van der Waals surface area contributed by atoms with Crippen molar-refractivity contribution in [3.05, 3.63) is 29.3 Å². The molecule has 0 saturated carbocycles. The predicted octanol–water partition coefficient (Wildman–Crippen LogP) is 2.06. The molecule has 0 aromatic heterocycles. The summed E-state index contributed by atoms with van der Waals surface area (Å²) in [6, 6.07) is 8.23. The van der Waals surface area contributed by atoms with Crippen molar-refractivity contribution in [1.29, 1.82) is 5.26 Å². The number of aliphatic hydroxyl groups is 1. The van der Waals surface area contributed by atoms with Gasteiger partial charge >= 0.3 is 0 Å². The van der Waals surface area contributed by atoms with Gasteiger partial charge in [-0.05, 0) is 43.9 Å². The Balaban J connectivity index is 2.00. The van der Waals surface area contributed by atoms with Crippen molar-refractivity contribution in [2.75, 3.05) is 7.11 Å². The highest BCUT2D eigenvalue weighted by atomic mass is 16.5. The second-order valence-electron chi connectivity index (χ2n) is 5.95. The van der Waals surface area contributed by atoms with E-state index in [2.05, 4.69) is 11.4 Å². The first-order valence-corrected chi connectivity index (χ1v) is 7.22. The van der Waals surface area contributed by atoms with Gasteiger partial charge in [0.2, 0.25) is 0 Å². The highest BCUT2D eigenvalue weighted by Gasteiger charge is 2.43. The van der Waals surface area contributed by atoms with E-state index >= 15 is 0 Å². The van der Waals surface area contributed by atoms with Gasteiger partial charge in [-0.25, -0.2) is 0 Å². The van der Waals surface area contributed by atoms with Gasteiger partial charge in [-0.2, -0.15) is 5.26 Å². The molecule has 2 unspecified atom stereocenters. The second kappa shape index (κ2) is 5.08. The number of rotatable bonds is 2. The van der Waals surface area contributed by atoms with Gasteiger partial charge in [-0.15, -0.1) is 0 Å². The fourth-order valence-electron chi connectivity index (χ4n) is 3.68. The van der Waals surface area contributed by atoms with Gasteiger partial charge in [-0.3, -0.25) is 0 Å². The zero-order valence-electron chi connectivity index (χ0n) is 11.7. The van der Waals surface area contributed by atoms with Crippen molar-refractivity contribution in [1.82, 2.24) is 5.32 Å². The third-order valence-electron chi connectivity index (χ3n) is 4.59. The lowest BCUT2D eigenvalue weighted by molar-refractivity contribution is -0.0361. The number of methoxy groups -OCH3 is 1. The molecule has 0 aliphatic carbocycles. The molecule has 0 spiro atoms. The second-order valence-corrected chi connectivity index (χ2v) is 5.95. The highest BCUT2D eigenvalue weighted by Crippen LogP contribution is 2.41. The molecule has 2 heterocycles. The lowest BCUT2D eigenvalue weighted by Gasteiger charge is -2.45. The Bertz CT molecular complexity index is 538. The molecule has 0 radical (unpaired) electrons.